The van der Waals surface area contributed by atoms with Gasteiger partial charge in [0.1, 0.15) is 6.33 Å². The molecule has 3 heteroatoms. The van der Waals surface area contributed by atoms with E-state index in [0.717, 1.165) is 12.0 Å². The third kappa shape index (κ3) is 1.98. The van der Waals surface area contributed by atoms with E-state index in [9.17, 15) is 0 Å². The largest absolute Gasteiger partial charge is 0.313 e. The van der Waals surface area contributed by atoms with Crippen molar-refractivity contribution in [3.05, 3.63) is 24.3 Å². The zero-order valence-corrected chi connectivity index (χ0v) is 6.91. The Bertz CT molecular complexity index is 194. The summed E-state index contributed by atoms with van der Waals surface area (Å²) in [4.78, 5) is 7.90. The highest BCUT2D eigenvalue weighted by Crippen LogP contribution is 2.12. The first-order chi connectivity index (χ1) is 5.38. The highest BCUT2D eigenvalue weighted by atomic mass is 14.9. The van der Waals surface area contributed by atoms with Crippen molar-refractivity contribution in [1.82, 2.24) is 15.3 Å². The Kier molecular flexibility index (Phi) is 2.98. The standard InChI is InChI=1S/C8H13N3/c1-3-8(9-2)7-4-10-6-11-5-7/h4-6,8-9H,3H2,1-2H3. The molecule has 0 amide bonds. The molecule has 0 fully saturated rings. The number of nitrogens with zero attached hydrogens (tertiary/aromatic N) is 2. The molecule has 60 valence electrons. The smallest absolute Gasteiger partial charge is 0.115 e. The maximum absolute atomic E-state index is 3.95. The van der Waals surface area contributed by atoms with Gasteiger partial charge in [-0.05, 0) is 13.5 Å². The first-order valence-corrected chi connectivity index (χ1v) is 3.80. The van der Waals surface area contributed by atoms with Crippen molar-refractivity contribution >= 4 is 0 Å². The van der Waals surface area contributed by atoms with Crippen molar-refractivity contribution in [3.63, 3.8) is 0 Å². The summed E-state index contributed by atoms with van der Waals surface area (Å²) in [6.07, 6.45) is 6.30. The predicted octanol–water partition coefficient (Wildman–Crippen LogP) is 1.15. The van der Waals surface area contributed by atoms with E-state index < -0.39 is 0 Å². The van der Waals surface area contributed by atoms with E-state index in [4.69, 9.17) is 0 Å². The molecule has 0 aromatic carbocycles. The molecule has 0 saturated carbocycles. The Morgan fingerprint density at radius 2 is 2.09 bits per heavy atom. The summed E-state index contributed by atoms with van der Waals surface area (Å²) in [5, 5.41) is 3.19. The van der Waals surface area contributed by atoms with Gasteiger partial charge in [-0.1, -0.05) is 6.92 Å². The van der Waals surface area contributed by atoms with Crippen molar-refractivity contribution < 1.29 is 0 Å². The molecule has 0 saturated heterocycles. The Balaban J connectivity index is 2.74. The fourth-order valence-electron chi connectivity index (χ4n) is 1.10. The molecule has 3 nitrogen and oxygen atoms in total. The molecule has 1 rings (SSSR count). The average molecular weight is 151 g/mol. The first-order valence-electron chi connectivity index (χ1n) is 3.80. The van der Waals surface area contributed by atoms with E-state index in [2.05, 4.69) is 22.2 Å². The van der Waals surface area contributed by atoms with E-state index in [1.54, 1.807) is 6.33 Å². The van der Waals surface area contributed by atoms with Crippen LogP contribution in [0.1, 0.15) is 24.9 Å². The predicted molar refractivity (Wildman–Crippen MR) is 44.1 cm³/mol. The van der Waals surface area contributed by atoms with Gasteiger partial charge < -0.3 is 5.32 Å². The summed E-state index contributed by atoms with van der Waals surface area (Å²) in [5.41, 5.74) is 1.15. The molecule has 0 aliphatic carbocycles. The number of nitrogens with one attached hydrogen (secondary N) is 1. The van der Waals surface area contributed by atoms with Crippen LogP contribution in [0.5, 0.6) is 0 Å². The minimum atomic E-state index is 0.385. The lowest BCUT2D eigenvalue weighted by Gasteiger charge is -2.11. The molecule has 1 atom stereocenters. The van der Waals surface area contributed by atoms with Crippen LogP contribution >= 0.6 is 0 Å². The Labute approximate surface area is 66.9 Å². The van der Waals surface area contributed by atoms with Crippen LogP contribution in [0, 0.1) is 0 Å². The van der Waals surface area contributed by atoms with Gasteiger partial charge in [-0.25, -0.2) is 9.97 Å². The van der Waals surface area contributed by atoms with Crippen molar-refractivity contribution in [2.75, 3.05) is 7.05 Å². The van der Waals surface area contributed by atoms with Crippen LogP contribution in [-0.2, 0) is 0 Å². The van der Waals surface area contributed by atoms with Gasteiger partial charge in [0.05, 0.1) is 0 Å². The van der Waals surface area contributed by atoms with Crippen molar-refractivity contribution in [1.29, 1.82) is 0 Å². The quantitative estimate of drug-likeness (QED) is 0.704. The molecule has 0 spiro atoms. The van der Waals surface area contributed by atoms with Gasteiger partial charge in [-0.2, -0.15) is 0 Å². The molecule has 0 aliphatic rings. The van der Waals surface area contributed by atoms with Crippen LogP contribution in [0.25, 0.3) is 0 Å². The van der Waals surface area contributed by atoms with E-state index in [1.807, 2.05) is 19.4 Å². The second kappa shape index (κ2) is 4.03. The summed E-state index contributed by atoms with van der Waals surface area (Å²) in [6, 6.07) is 0.385. The van der Waals surface area contributed by atoms with Gasteiger partial charge in [0, 0.05) is 24.0 Å². The second-order valence-electron chi connectivity index (χ2n) is 2.42. The van der Waals surface area contributed by atoms with Crippen LogP contribution < -0.4 is 5.32 Å². The molecular weight excluding hydrogens is 138 g/mol. The van der Waals surface area contributed by atoms with E-state index in [-0.39, 0.29) is 0 Å². The van der Waals surface area contributed by atoms with Crippen molar-refractivity contribution in [3.8, 4) is 0 Å². The van der Waals surface area contributed by atoms with Gasteiger partial charge in [0.25, 0.3) is 0 Å². The first kappa shape index (κ1) is 8.14. The van der Waals surface area contributed by atoms with Crippen LogP contribution in [0.2, 0.25) is 0 Å². The van der Waals surface area contributed by atoms with Crippen molar-refractivity contribution in [2.45, 2.75) is 19.4 Å². The summed E-state index contributed by atoms with van der Waals surface area (Å²) in [6.45, 7) is 2.13. The molecule has 1 N–H and O–H groups in total. The fourth-order valence-corrected chi connectivity index (χ4v) is 1.10. The molecule has 0 radical (unpaired) electrons. The third-order valence-corrected chi connectivity index (χ3v) is 1.74. The SMILES string of the molecule is CCC(NC)c1cncnc1. The molecule has 1 unspecified atom stereocenters. The van der Waals surface area contributed by atoms with E-state index in [0.29, 0.717) is 6.04 Å². The highest BCUT2D eigenvalue weighted by Gasteiger charge is 2.04. The third-order valence-electron chi connectivity index (χ3n) is 1.74. The van der Waals surface area contributed by atoms with Gasteiger partial charge in [0.2, 0.25) is 0 Å². The fraction of sp³-hybridized carbons (Fsp3) is 0.500. The Hall–Kier alpha value is -0.960. The van der Waals surface area contributed by atoms with Gasteiger partial charge in [-0.15, -0.1) is 0 Å². The number of hydrogen-bond acceptors (Lipinski definition) is 3. The second-order valence-corrected chi connectivity index (χ2v) is 2.42. The van der Waals surface area contributed by atoms with Gasteiger partial charge in [0.15, 0.2) is 0 Å². The topological polar surface area (TPSA) is 37.8 Å². The minimum Gasteiger partial charge on any atom is -0.313 e. The van der Waals surface area contributed by atoms with Gasteiger partial charge >= 0.3 is 0 Å². The lowest BCUT2D eigenvalue weighted by Crippen LogP contribution is -2.15. The number of hydrogen-bond donors (Lipinski definition) is 1. The minimum absolute atomic E-state index is 0.385. The highest BCUT2D eigenvalue weighted by molar-refractivity contribution is 5.08. The monoisotopic (exact) mass is 151 g/mol. The van der Waals surface area contributed by atoms with Gasteiger partial charge in [-0.3, -0.25) is 0 Å². The molecule has 1 aromatic rings. The lowest BCUT2D eigenvalue weighted by atomic mass is 10.1. The van der Waals surface area contributed by atoms with Crippen LogP contribution in [0.15, 0.2) is 18.7 Å². The van der Waals surface area contributed by atoms with E-state index in [1.165, 1.54) is 0 Å². The van der Waals surface area contributed by atoms with Crippen LogP contribution in [0.3, 0.4) is 0 Å². The molecule has 1 heterocycles. The zero-order valence-electron chi connectivity index (χ0n) is 6.91. The average Bonchev–Trinajstić information content (AvgIpc) is 2.09. The summed E-state index contributed by atoms with van der Waals surface area (Å²) >= 11 is 0. The molecule has 1 aromatic heterocycles. The molecule has 11 heavy (non-hydrogen) atoms. The molecule has 0 bridgehead atoms. The maximum atomic E-state index is 3.95. The van der Waals surface area contributed by atoms with Crippen LogP contribution in [-0.4, -0.2) is 17.0 Å². The number of aromatic nitrogens is 2. The normalized spacial score (nSPS) is 12.9. The summed E-state index contributed by atoms with van der Waals surface area (Å²) < 4.78 is 0. The molecule has 0 aliphatic heterocycles. The lowest BCUT2D eigenvalue weighted by molar-refractivity contribution is 0.572. The zero-order chi connectivity index (χ0) is 8.10. The Morgan fingerprint density at radius 3 is 2.55 bits per heavy atom. The maximum Gasteiger partial charge on any atom is 0.115 e. The van der Waals surface area contributed by atoms with Crippen molar-refractivity contribution in [2.24, 2.45) is 0 Å². The summed E-state index contributed by atoms with van der Waals surface area (Å²) in [7, 11) is 1.95. The Morgan fingerprint density at radius 1 is 1.45 bits per heavy atom. The van der Waals surface area contributed by atoms with E-state index >= 15 is 0 Å². The van der Waals surface area contributed by atoms with Crippen LogP contribution in [0.4, 0.5) is 0 Å². The summed E-state index contributed by atoms with van der Waals surface area (Å²) in [5.74, 6) is 0. The molecular formula is C8H13N3. The number of rotatable bonds is 3.